The molecule has 1 saturated heterocycles. The van der Waals surface area contributed by atoms with E-state index in [2.05, 4.69) is 44.0 Å². The van der Waals surface area contributed by atoms with Crippen molar-refractivity contribution >= 4 is 11.6 Å². The number of rotatable bonds is 8. The summed E-state index contributed by atoms with van der Waals surface area (Å²) in [6.07, 6.45) is 8.16. The van der Waals surface area contributed by atoms with Crippen LogP contribution in [0.5, 0.6) is 11.5 Å². The lowest BCUT2D eigenvalue weighted by atomic mass is 10.0. The second-order valence-electron chi connectivity index (χ2n) is 7.60. The topological polar surface area (TPSA) is 75.9 Å². The number of guanidine groups is 1. The Hall–Kier alpha value is -2.90. The highest BCUT2D eigenvalue weighted by molar-refractivity contribution is 5.80. The van der Waals surface area contributed by atoms with E-state index in [9.17, 15) is 0 Å². The third-order valence-electron chi connectivity index (χ3n) is 5.45. The van der Waals surface area contributed by atoms with Gasteiger partial charge in [-0.1, -0.05) is 0 Å². The molecule has 0 bridgehead atoms. The molecule has 30 heavy (non-hydrogen) atoms. The van der Waals surface area contributed by atoms with Crippen molar-refractivity contribution in [3.8, 4) is 11.5 Å². The van der Waals surface area contributed by atoms with Crippen LogP contribution in [0.2, 0.25) is 0 Å². The average molecular weight is 415 g/mol. The molecule has 8 heteroatoms. The van der Waals surface area contributed by atoms with Crippen LogP contribution in [0.15, 0.2) is 35.6 Å². The van der Waals surface area contributed by atoms with Gasteiger partial charge in [0.1, 0.15) is 11.5 Å². The fraction of sp³-hybridized carbons (Fsp3) is 0.545. The summed E-state index contributed by atoms with van der Waals surface area (Å²) in [6.45, 7) is 2.84. The van der Waals surface area contributed by atoms with Crippen molar-refractivity contribution in [1.82, 2.24) is 20.4 Å². The van der Waals surface area contributed by atoms with Crippen molar-refractivity contribution in [1.29, 1.82) is 0 Å². The Morgan fingerprint density at radius 3 is 2.43 bits per heavy atom. The van der Waals surface area contributed by atoms with E-state index in [1.807, 2.05) is 31.0 Å². The second-order valence-corrected chi connectivity index (χ2v) is 7.60. The van der Waals surface area contributed by atoms with E-state index in [0.717, 1.165) is 68.5 Å². The van der Waals surface area contributed by atoms with Crippen LogP contribution < -0.4 is 25.0 Å². The summed E-state index contributed by atoms with van der Waals surface area (Å²) in [5.41, 5.74) is 2.41. The molecule has 0 spiro atoms. The van der Waals surface area contributed by atoms with Crippen LogP contribution in [0.1, 0.15) is 24.8 Å². The minimum atomic E-state index is 0.415. The molecule has 8 nitrogen and oxygen atoms in total. The number of aromatic nitrogens is 2. The molecule has 3 rings (SSSR count). The zero-order valence-electron chi connectivity index (χ0n) is 18.5. The molecule has 1 fully saturated rings. The van der Waals surface area contributed by atoms with Crippen LogP contribution in [-0.4, -0.2) is 62.7 Å². The number of hydrogen-bond acceptors (Lipinski definition) is 5. The minimum Gasteiger partial charge on any atom is -0.497 e. The maximum atomic E-state index is 5.40. The van der Waals surface area contributed by atoms with Gasteiger partial charge in [0.15, 0.2) is 5.96 Å². The predicted octanol–water partition coefficient (Wildman–Crippen LogP) is 2.20. The first-order chi connectivity index (χ1) is 14.6. The Bertz CT molecular complexity index is 805. The van der Waals surface area contributed by atoms with E-state index >= 15 is 0 Å². The Balaban J connectivity index is 1.43. The van der Waals surface area contributed by atoms with Gasteiger partial charge in [-0.25, -0.2) is 0 Å². The average Bonchev–Trinajstić information content (AvgIpc) is 3.20. The number of nitrogens with zero attached hydrogens (tertiary/aromatic N) is 4. The molecule has 1 aromatic carbocycles. The van der Waals surface area contributed by atoms with Gasteiger partial charge in [0.2, 0.25) is 0 Å². The molecule has 2 heterocycles. The van der Waals surface area contributed by atoms with Crippen LogP contribution in [0.4, 0.5) is 5.69 Å². The van der Waals surface area contributed by atoms with E-state index in [0.29, 0.717) is 6.04 Å². The monoisotopic (exact) mass is 414 g/mol. The van der Waals surface area contributed by atoms with Gasteiger partial charge < -0.3 is 25.0 Å². The molecule has 164 valence electrons. The highest BCUT2D eigenvalue weighted by atomic mass is 16.5. The molecule has 1 aromatic heterocycles. The van der Waals surface area contributed by atoms with E-state index in [4.69, 9.17) is 9.47 Å². The Labute approximate surface area is 179 Å². The standard InChI is InChI=1S/C22H34N6O2/c1-23-22(24-9-5-6-17-15-25-27(2)16-17)26-18-7-10-28(11-8-18)19-12-20(29-3)14-21(13-19)30-4/h12-16,18H,5-11H2,1-4H3,(H2,23,24,26). The smallest absolute Gasteiger partial charge is 0.191 e. The van der Waals surface area contributed by atoms with Crippen LogP contribution in [0, 0.1) is 0 Å². The number of nitrogens with one attached hydrogen (secondary N) is 2. The second kappa shape index (κ2) is 10.8. The molecule has 0 saturated carbocycles. The first-order valence-electron chi connectivity index (χ1n) is 10.5. The van der Waals surface area contributed by atoms with Crippen molar-refractivity contribution < 1.29 is 9.47 Å². The highest BCUT2D eigenvalue weighted by Gasteiger charge is 2.21. The molecule has 0 unspecified atom stereocenters. The number of benzene rings is 1. The van der Waals surface area contributed by atoms with E-state index in [1.54, 1.807) is 14.2 Å². The summed E-state index contributed by atoms with van der Waals surface area (Å²) < 4.78 is 12.7. The number of anilines is 1. The molecule has 0 atom stereocenters. The lowest BCUT2D eigenvalue weighted by molar-refractivity contribution is 0.393. The van der Waals surface area contributed by atoms with Crippen molar-refractivity contribution in [2.24, 2.45) is 12.0 Å². The van der Waals surface area contributed by atoms with Crippen molar-refractivity contribution in [3.05, 3.63) is 36.2 Å². The predicted molar refractivity (Wildman–Crippen MR) is 121 cm³/mol. The largest absolute Gasteiger partial charge is 0.497 e. The summed E-state index contributed by atoms with van der Waals surface area (Å²) in [6, 6.07) is 6.46. The minimum absolute atomic E-state index is 0.415. The summed E-state index contributed by atoms with van der Waals surface area (Å²) in [5.74, 6) is 2.52. The normalized spacial score (nSPS) is 15.2. The third-order valence-corrected chi connectivity index (χ3v) is 5.45. The van der Waals surface area contributed by atoms with Crippen LogP contribution >= 0.6 is 0 Å². The van der Waals surface area contributed by atoms with Gasteiger partial charge >= 0.3 is 0 Å². The molecular weight excluding hydrogens is 380 g/mol. The number of piperidine rings is 1. The van der Waals surface area contributed by atoms with Crippen LogP contribution in [0.25, 0.3) is 0 Å². The van der Waals surface area contributed by atoms with Gasteiger partial charge in [0.25, 0.3) is 0 Å². The number of aryl methyl sites for hydroxylation is 2. The van der Waals surface area contributed by atoms with E-state index in [-0.39, 0.29) is 0 Å². The lowest BCUT2D eigenvalue weighted by Crippen LogP contribution is -2.49. The van der Waals surface area contributed by atoms with Gasteiger partial charge in [-0.05, 0) is 31.2 Å². The molecule has 0 amide bonds. The SMILES string of the molecule is CN=C(NCCCc1cnn(C)c1)NC1CCN(c2cc(OC)cc(OC)c2)CC1. The van der Waals surface area contributed by atoms with Gasteiger partial charge in [0.05, 0.1) is 20.4 Å². The quantitative estimate of drug-likeness (QED) is 0.392. The van der Waals surface area contributed by atoms with Crippen molar-refractivity contribution in [3.63, 3.8) is 0 Å². The van der Waals surface area contributed by atoms with Gasteiger partial charge in [0, 0.05) is 69.9 Å². The van der Waals surface area contributed by atoms with E-state index in [1.165, 1.54) is 5.56 Å². The highest BCUT2D eigenvalue weighted by Crippen LogP contribution is 2.30. The lowest BCUT2D eigenvalue weighted by Gasteiger charge is -2.34. The molecule has 0 radical (unpaired) electrons. The maximum Gasteiger partial charge on any atom is 0.191 e. The molecule has 1 aliphatic rings. The molecular formula is C22H34N6O2. The molecule has 1 aliphatic heterocycles. The van der Waals surface area contributed by atoms with Crippen molar-refractivity contribution in [2.45, 2.75) is 31.7 Å². The molecule has 2 aromatic rings. The summed E-state index contributed by atoms with van der Waals surface area (Å²) >= 11 is 0. The summed E-state index contributed by atoms with van der Waals surface area (Å²) in [7, 11) is 7.14. The Morgan fingerprint density at radius 2 is 1.87 bits per heavy atom. The zero-order chi connectivity index (χ0) is 21.3. The number of ether oxygens (including phenoxy) is 2. The third kappa shape index (κ3) is 6.05. The van der Waals surface area contributed by atoms with Gasteiger partial charge in [-0.2, -0.15) is 5.10 Å². The summed E-state index contributed by atoms with van der Waals surface area (Å²) in [4.78, 5) is 6.77. The first kappa shape index (κ1) is 21.8. The van der Waals surface area contributed by atoms with Gasteiger partial charge in [-0.3, -0.25) is 9.67 Å². The Kier molecular flexibility index (Phi) is 7.82. The van der Waals surface area contributed by atoms with Gasteiger partial charge in [-0.15, -0.1) is 0 Å². The maximum absolute atomic E-state index is 5.40. The molecule has 2 N–H and O–H groups in total. The van der Waals surface area contributed by atoms with Crippen LogP contribution in [0.3, 0.4) is 0 Å². The number of aliphatic imine (C=N–C) groups is 1. The van der Waals surface area contributed by atoms with Crippen molar-refractivity contribution in [2.75, 3.05) is 45.8 Å². The zero-order valence-corrected chi connectivity index (χ0v) is 18.5. The number of methoxy groups -OCH3 is 2. The fourth-order valence-electron chi connectivity index (χ4n) is 3.75. The summed E-state index contributed by atoms with van der Waals surface area (Å²) in [5, 5.41) is 11.2. The molecule has 0 aliphatic carbocycles. The van der Waals surface area contributed by atoms with E-state index < -0.39 is 0 Å². The Morgan fingerprint density at radius 1 is 1.17 bits per heavy atom. The number of hydrogen-bond donors (Lipinski definition) is 2. The fourth-order valence-corrected chi connectivity index (χ4v) is 3.75. The first-order valence-corrected chi connectivity index (χ1v) is 10.5. The van der Waals surface area contributed by atoms with Crippen LogP contribution in [-0.2, 0) is 13.5 Å².